The first-order valence-electron chi connectivity index (χ1n) is 5.52. The van der Waals surface area contributed by atoms with Crippen molar-refractivity contribution < 1.29 is 0 Å². The Morgan fingerprint density at radius 2 is 1.94 bits per heavy atom. The second kappa shape index (κ2) is 5.21. The number of benzene rings is 1. The maximum atomic E-state index is 11.6. The topological polar surface area (TPSA) is 22.0 Å². The molecule has 0 aliphatic rings. The van der Waals surface area contributed by atoms with Gasteiger partial charge >= 0.3 is 0 Å². The largest absolute Gasteiger partial charge is 0.347 e. The van der Waals surface area contributed by atoms with Gasteiger partial charge in [0.1, 0.15) is 0 Å². The zero-order valence-corrected chi connectivity index (χ0v) is 9.99. The molecular weight excluding hydrogens is 218 g/mol. The van der Waals surface area contributed by atoms with E-state index in [1.165, 1.54) is 0 Å². The van der Waals surface area contributed by atoms with E-state index in [0.717, 1.165) is 36.0 Å². The maximum absolute atomic E-state index is 11.6. The number of thiol groups is 1. The van der Waals surface area contributed by atoms with E-state index in [0.29, 0.717) is 0 Å². The molecule has 0 aliphatic carbocycles. The zero-order chi connectivity index (χ0) is 11.4. The number of rotatable bonds is 4. The first kappa shape index (κ1) is 11.3. The maximum Gasteiger partial charge on any atom is 0.189 e. The summed E-state index contributed by atoms with van der Waals surface area (Å²) in [6.45, 7) is 0.946. The number of pyridine rings is 1. The Bertz CT molecular complexity index is 533. The summed E-state index contributed by atoms with van der Waals surface area (Å²) >= 11 is 4.20. The van der Waals surface area contributed by atoms with Gasteiger partial charge in [-0.05, 0) is 30.7 Å². The molecule has 0 aliphatic heterocycles. The van der Waals surface area contributed by atoms with Crippen molar-refractivity contribution in [1.82, 2.24) is 4.57 Å². The standard InChI is InChI=1S/C13H15NOS/c15-13-7-9-14(8-3-4-10-16)12-6-2-1-5-11(12)13/h1-2,5-7,9,16H,3-4,8,10H2. The van der Waals surface area contributed by atoms with E-state index < -0.39 is 0 Å². The third kappa shape index (κ3) is 2.30. The van der Waals surface area contributed by atoms with E-state index in [1.54, 1.807) is 6.07 Å². The molecule has 0 spiro atoms. The summed E-state index contributed by atoms with van der Waals surface area (Å²) in [7, 11) is 0. The smallest absolute Gasteiger partial charge is 0.189 e. The lowest BCUT2D eigenvalue weighted by Crippen LogP contribution is -2.08. The van der Waals surface area contributed by atoms with Crippen LogP contribution in [-0.2, 0) is 6.54 Å². The molecule has 0 bridgehead atoms. The van der Waals surface area contributed by atoms with Crippen molar-refractivity contribution in [3.63, 3.8) is 0 Å². The molecule has 1 heterocycles. The van der Waals surface area contributed by atoms with E-state index in [9.17, 15) is 4.79 Å². The summed E-state index contributed by atoms with van der Waals surface area (Å²) in [5.41, 5.74) is 1.12. The highest BCUT2D eigenvalue weighted by Crippen LogP contribution is 2.10. The summed E-state index contributed by atoms with van der Waals surface area (Å²) in [5, 5.41) is 0.802. The van der Waals surface area contributed by atoms with Gasteiger partial charge < -0.3 is 4.57 Å². The second-order valence-electron chi connectivity index (χ2n) is 3.82. The molecular formula is C13H15NOS. The minimum Gasteiger partial charge on any atom is -0.347 e. The summed E-state index contributed by atoms with van der Waals surface area (Å²) in [6.07, 6.45) is 4.07. The lowest BCUT2D eigenvalue weighted by atomic mass is 10.2. The van der Waals surface area contributed by atoms with Gasteiger partial charge in [0.05, 0.1) is 5.52 Å². The fraction of sp³-hybridized carbons (Fsp3) is 0.308. The molecule has 1 aromatic carbocycles. The van der Waals surface area contributed by atoms with Gasteiger partial charge in [0, 0.05) is 24.2 Å². The first-order chi connectivity index (χ1) is 7.83. The minimum atomic E-state index is 0.0982. The van der Waals surface area contributed by atoms with Crippen LogP contribution in [0.25, 0.3) is 10.9 Å². The van der Waals surface area contributed by atoms with Gasteiger partial charge in [-0.3, -0.25) is 4.79 Å². The van der Waals surface area contributed by atoms with Crippen LogP contribution in [0.2, 0.25) is 0 Å². The van der Waals surface area contributed by atoms with Crippen molar-refractivity contribution in [2.75, 3.05) is 5.75 Å². The predicted molar refractivity (Wildman–Crippen MR) is 71.3 cm³/mol. The van der Waals surface area contributed by atoms with Crippen molar-refractivity contribution in [2.45, 2.75) is 19.4 Å². The Labute approximate surface area is 100 Å². The summed E-state index contributed by atoms with van der Waals surface area (Å²) in [4.78, 5) is 11.6. The van der Waals surface area contributed by atoms with Crippen molar-refractivity contribution >= 4 is 23.5 Å². The highest BCUT2D eigenvalue weighted by atomic mass is 32.1. The van der Waals surface area contributed by atoms with Crippen molar-refractivity contribution in [3.05, 3.63) is 46.8 Å². The lowest BCUT2D eigenvalue weighted by Gasteiger charge is -2.09. The molecule has 1 aromatic heterocycles. The Kier molecular flexibility index (Phi) is 3.67. The number of unbranched alkanes of at least 4 members (excludes halogenated alkanes) is 1. The molecule has 0 N–H and O–H groups in total. The van der Waals surface area contributed by atoms with Crippen LogP contribution in [0.1, 0.15) is 12.8 Å². The van der Waals surface area contributed by atoms with Gasteiger partial charge in [0.15, 0.2) is 5.43 Å². The van der Waals surface area contributed by atoms with Crippen LogP contribution in [-0.4, -0.2) is 10.3 Å². The molecule has 0 unspecified atom stereocenters. The Morgan fingerprint density at radius 3 is 2.75 bits per heavy atom. The fourth-order valence-electron chi connectivity index (χ4n) is 1.85. The Morgan fingerprint density at radius 1 is 1.12 bits per heavy atom. The zero-order valence-electron chi connectivity index (χ0n) is 9.10. The number of fused-ring (bicyclic) bond motifs is 1. The third-order valence-electron chi connectivity index (χ3n) is 2.69. The molecule has 84 valence electrons. The van der Waals surface area contributed by atoms with Crippen LogP contribution in [0, 0.1) is 0 Å². The van der Waals surface area contributed by atoms with Gasteiger partial charge in [-0.1, -0.05) is 12.1 Å². The van der Waals surface area contributed by atoms with Crippen LogP contribution in [0.5, 0.6) is 0 Å². The van der Waals surface area contributed by atoms with E-state index in [2.05, 4.69) is 17.2 Å². The normalized spacial score (nSPS) is 10.8. The number of nitrogens with zero attached hydrogens (tertiary/aromatic N) is 1. The van der Waals surface area contributed by atoms with Gasteiger partial charge in [0.2, 0.25) is 0 Å². The van der Waals surface area contributed by atoms with E-state index in [4.69, 9.17) is 0 Å². The molecule has 0 fully saturated rings. The number of para-hydroxylation sites is 1. The van der Waals surface area contributed by atoms with Crippen molar-refractivity contribution in [3.8, 4) is 0 Å². The van der Waals surface area contributed by atoms with E-state index in [-0.39, 0.29) is 5.43 Å². The van der Waals surface area contributed by atoms with Gasteiger partial charge in [0.25, 0.3) is 0 Å². The Balaban J connectivity index is 2.38. The lowest BCUT2D eigenvalue weighted by molar-refractivity contribution is 0.650. The molecule has 2 aromatic rings. The van der Waals surface area contributed by atoms with E-state index >= 15 is 0 Å². The fourth-order valence-corrected chi connectivity index (χ4v) is 2.07. The quantitative estimate of drug-likeness (QED) is 0.636. The highest BCUT2D eigenvalue weighted by Gasteiger charge is 2.00. The monoisotopic (exact) mass is 233 g/mol. The average molecular weight is 233 g/mol. The van der Waals surface area contributed by atoms with E-state index in [1.807, 2.05) is 30.5 Å². The molecule has 0 saturated heterocycles. The number of hydrogen-bond donors (Lipinski definition) is 1. The average Bonchev–Trinajstić information content (AvgIpc) is 2.33. The molecule has 0 radical (unpaired) electrons. The van der Waals surface area contributed by atoms with Crippen LogP contribution in [0.3, 0.4) is 0 Å². The minimum absolute atomic E-state index is 0.0982. The second-order valence-corrected chi connectivity index (χ2v) is 4.27. The molecule has 0 amide bonds. The van der Waals surface area contributed by atoms with Crippen LogP contribution in [0.15, 0.2) is 41.3 Å². The van der Waals surface area contributed by atoms with Gasteiger partial charge in [-0.25, -0.2) is 0 Å². The van der Waals surface area contributed by atoms with Crippen molar-refractivity contribution in [2.24, 2.45) is 0 Å². The van der Waals surface area contributed by atoms with Crippen LogP contribution in [0.4, 0.5) is 0 Å². The van der Waals surface area contributed by atoms with Crippen LogP contribution < -0.4 is 5.43 Å². The first-order valence-corrected chi connectivity index (χ1v) is 6.15. The number of aryl methyl sites for hydroxylation is 1. The number of aromatic nitrogens is 1. The molecule has 3 heteroatoms. The molecule has 2 nitrogen and oxygen atoms in total. The molecule has 0 atom stereocenters. The van der Waals surface area contributed by atoms with Gasteiger partial charge in [-0.2, -0.15) is 12.6 Å². The summed E-state index contributed by atoms with van der Waals surface area (Å²) in [6, 6.07) is 9.39. The highest BCUT2D eigenvalue weighted by molar-refractivity contribution is 7.80. The molecule has 16 heavy (non-hydrogen) atoms. The third-order valence-corrected chi connectivity index (χ3v) is 3.01. The summed E-state index contributed by atoms with van der Waals surface area (Å²) in [5.74, 6) is 0.915. The van der Waals surface area contributed by atoms with Crippen molar-refractivity contribution in [1.29, 1.82) is 0 Å². The molecule has 2 rings (SSSR count). The molecule has 0 saturated carbocycles. The van der Waals surface area contributed by atoms with Gasteiger partial charge in [-0.15, -0.1) is 0 Å². The summed E-state index contributed by atoms with van der Waals surface area (Å²) < 4.78 is 2.14. The predicted octanol–water partition coefficient (Wildman–Crippen LogP) is 2.71. The number of hydrogen-bond acceptors (Lipinski definition) is 2. The Hall–Kier alpha value is -1.22. The van der Waals surface area contributed by atoms with Crippen LogP contribution >= 0.6 is 12.6 Å². The SMILES string of the molecule is O=c1ccn(CCCCS)c2ccccc12.